The number of aliphatic hydroxyl groups excluding tert-OH is 1. The number of likely N-dealkylation sites (tertiary alicyclic amines) is 1. The molecule has 0 aliphatic carbocycles. The Labute approximate surface area is 244 Å². The third kappa shape index (κ3) is 7.02. The van der Waals surface area contributed by atoms with Crippen LogP contribution in [0.3, 0.4) is 0 Å². The number of rotatable bonds is 16. The Bertz CT molecular complexity index is 993. The average molecular weight is 576 g/mol. The number of carbonyl (C=O) groups is 4. The molecule has 10 nitrogen and oxygen atoms in total. The van der Waals surface area contributed by atoms with Crippen LogP contribution in [0.2, 0.25) is 0 Å². The molecule has 2 bridgehead atoms. The van der Waals surface area contributed by atoms with Gasteiger partial charge >= 0.3 is 5.97 Å². The molecule has 3 saturated heterocycles. The molecule has 3 aliphatic rings. The molecule has 0 unspecified atom stereocenters. The molecule has 3 amide bonds. The first kappa shape index (κ1) is 32.8. The van der Waals surface area contributed by atoms with Crippen molar-refractivity contribution in [3.05, 3.63) is 25.3 Å². The summed E-state index contributed by atoms with van der Waals surface area (Å²) in [5.74, 6) is -2.74. The standard InChI is InChI=1S/C31H49N3O7/c1-7-9-14-23(36)32-20-21(3)40-29(39)24-22-15-16-31(41-22)25(24)27(37)33(18-12-10-11-13-19-35)26(31)28(38)34(17-8-2)30(4,5)6/h7-8,21-22,24-26,35H,1-2,9-20H2,3-6H3,(H,32,36)/t21-,22-,24+,25+,26-,31+/m0/s1. The molecule has 3 heterocycles. The van der Waals surface area contributed by atoms with Crippen LogP contribution in [0.25, 0.3) is 0 Å². The Morgan fingerprint density at radius 3 is 2.56 bits per heavy atom. The molecule has 230 valence electrons. The fourth-order valence-corrected chi connectivity index (χ4v) is 6.56. The highest BCUT2D eigenvalue weighted by atomic mass is 16.6. The second kappa shape index (κ2) is 14.0. The predicted octanol–water partition coefficient (Wildman–Crippen LogP) is 2.74. The Morgan fingerprint density at radius 1 is 1.22 bits per heavy atom. The number of ether oxygens (including phenoxy) is 2. The Morgan fingerprint density at radius 2 is 1.93 bits per heavy atom. The number of unbranched alkanes of at least 4 members (excludes halogenated alkanes) is 3. The van der Waals surface area contributed by atoms with Crippen LogP contribution in [-0.4, -0.2) is 94.2 Å². The van der Waals surface area contributed by atoms with Crippen LogP contribution in [0.5, 0.6) is 0 Å². The summed E-state index contributed by atoms with van der Waals surface area (Å²) in [5, 5.41) is 11.9. The molecule has 10 heteroatoms. The molecule has 41 heavy (non-hydrogen) atoms. The van der Waals surface area contributed by atoms with Gasteiger partial charge in [-0.1, -0.05) is 25.0 Å². The highest BCUT2D eigenvalue weighted by molar-refractivity contribution is 5.98. The molecule has 0 aromatic rings. The van der Waals surface area contributed by atoms with E-state index in [1.807, 2.05) is 20.8 Å². The van der Waals surface area contributed by atoms with Gasteiger partial charge in [-0.15, -0.1) is 13.2 Å². The van der Waals surface area contributed by atoms with Crippen LogP contribution >= 0.6 is 0 Å². The fraction of sp³-hybridized carbons (Fsp3) is 0.742. The zero-order valence-electron chi connectivity index (χ0n) is 25.2. The van der Waals surface area contributed by atoms with Gasteiger partial charge in [0, 0.05) is 31.7 Å². The lowest BCUT2D eigenvalue weighted by molar-refractivity contribution is -0.159. The summed E-state index contributed by atoms with van der Waals surface area (Å²) in [6.07, 6.45) is 7.19. The SMILES string of the molecule is C=CCCC(=O)NC[C@H](C)OC(=O)[C@@H]1[C@@H]2CC[C@]3(O2)[C@H](C(=O)N(CC=C)C(C)(C)C)N(CCCCCCO)C(=O)[C@@H]13. The van der Waals surface area contributed by atoms with Gasteiger partial charge in [0.1, 0.15) is 17.7 Å². The van der Waals surface area contributed by atoms with Crippen molar-refractivity contribution in [2.45, 2.75) is 108 Å². The molecule has 0 saturated carbocycles. The van der Waals surface area contributed by atoms with Crippen LogP contribution in [0.1, 0.15) is 79.1 Å². The molecule has 3 fully saturated rings. The number of esters is 1. The number of hydrogen-bond donors (Lipinski definition) is 2. The average Bonchev–Trinajstić information content (AvgIpc) is 3.55. The number of hydrogen-bond acceptors (Lipinski definition) is 7. The monoisotopic (exact) mass is 575 g/mol. The van der Waals surface area contributed by atoms with Crippen molar-refractivity contribution in [3.63, 3.8) is 0 Å². The van der Waals surface area contributed by atoms with Gasteiger partial charge in [-0.2, -0.15) is 0 Å². The van der Waals surface area contributed by atoms with Gasteiger partial charge in [0.2, 0.25) is 17.7 Å². The number of nitrogens with one attached hydrogen (secondary N) is 1. The first-order chi connectivity index (χ1) is 19.4. The number of nitrogens with zero attached hydrogens (tertiary/aromatic N) is 2. The Hall–Kier alpha value is -2.72. The van der Waals surface area contributed by atoms with E-state index in [4.69, 9.17) is 14.6 Å². The first-order valence-corrected chi connectivity index (χ1v) is 15.0. The Kier molecular flexibility index (Phi) is 11.2. The quantitative estimate of drug-likeness (QED) is 0.165. The van der Waals surface area contributed by atoms with Crippen molar-refractivity contribution in [3.8, 4) is 0 Å². The summed E-state index contributed by atoms with van der Waals surface area (Å²) < 4.78 is 12.2. The van der Waals surface area contributed by atoms with Crippen molar-refractivity contribution in [2.75, 3.05) is 26.2 Å². The summed E-state index contributed by atoms with van der Waals surface area (Å²) in [6, 6.07) is -0.846. The zero-order chi connectivity index (χ0) is 30.4. The van der Waals surface area contributed by atoms with Gasteiger partial charge in [-0.25, -0.2) is 0 Å². The molecule has 3 aliphatic heterocycles. The minimum Gasteiger partial charge on any atom is -0.460 e. The number of aliphatic hydroxyl groups is 1. The second-order valence-corrected chi connectivity index (χ2v) is 12.5. The first-order valence-electron chi connectivity index (χ1n) is 15.0. The van der Waals surface area contributed by atoms with Crippen LogP contribution in [0.15, 0.2) is 25.3 Å². The van der Waals surface area contributed by atoms with E-state index in [9.17, 15) is 19.2 Å². The number of amides is 3. The van der Waals surface area contributed by atoms with E-state index in [1.165, 1.54) is 0 Å². The smallest absolute Gasteiger partial charge is 0.312 e. The predicted molar refractivity (Wildman–Crippen MR) is 155 cm³/mol. The topological polar surface area (TPSA) is 125 Å². The van der Waals surface area contributed by atoms with E-state index in [1.54, 1.807) is 28.9 Å². The van der Waals surface area contributed by atoms with Gasteiger partial charge in [0.05, 0.1) is 24.5 Å². The maximum absolute atomic E-state index is 14.3. The fourth-order valence-electron chi connectivity index (χ4n) is 6.56. The maximum Gasteiger partial charge on any atom is 0.312 e. The summed E-state index contributed by atoms with van der Waals surface area (Å²) in [4.78, 5) is 57.2. The third-order valence-corrected chi connectivity index (χ3v) is 8.48. The molecular weight excluding hydrogens is 526 g/mol. The van der Waals surface area contributed by atoms with Crippen molar-refractivity contribution in [1.82, 2.24) is 15.1 Å². The number of fused-ring (bicyclic) bond motifs is 1. The molecule has 0 radical (unpaired) electrons. The van der Waals surface area contributed by atoms with Crippen molar-refractivity contribution < 1.29 is 33.8 Å². The summed E-state index contributed by atoms with van der Waals surface area (Å²) >= 11 is 0. The minimum atomic E-state index is -1.10. The van der Waals surface area contributed by atoms with Crippen LogP contribution in [0.4, 0.5) is 0 Å². The molecule has 6 atom stereocenters. The van der Waals surface area contributed by atoms with Crippen LogP contribution in [0, 0.1) is 11.8 Å². The van der Waals surface area contributed by atoms with E-state index in [0.717, 1.165) is 12.8 Å². The minimum absolute atomic E-state index is 0.118. The summed E-state index contributed by atoms with van der Waals surface area (Å²) in [7, 11) is 0. The largest absolute Gasteiger partial charge is 0.460 e. The highest BCUT2D eigenvalue weighted by Gasteiger charge is 2.75. The Balaban J connectivity index is 1.84. The van der Waals surface area contributed by atoms with Gasteiger partial charge in [0.15, 0.2) is 0 Å². The van der Waals surface area contributed by atoms with E-state index < -0.39 is 47.2 Å². The molecule has 0 aromatic carbocycles. The maximum atomic E-state index is 14.3. The molecule has 2 N–H and O–H groups in total. The van der Waals surface area contributed by atoms with Crippen molar-refractivity contribution in [2.24, 2.45) is 11.8 Å². The van der Waals surface area contributed by atoms with E-state index >= 15 is 0 Å². The van der Waals surface area contributed by atoms with Gasteiger partial charge in [-0.05, 0) is 59.8 Å². The van der Waals surface area contributed by atoms with Gasteiger partial charge in [0.25, 0.3) is 0 Å². The van der Waals surface area contributed by atoms with E-state index in [2.05, 4.69) is 18.5 Å². The third-order valence-electron chi connectivity index (χ3n) is 8.48. The molecule has 3 rings (SSSR count). The van der Waals surface area contributed by atoms with Crippen LogP contribution < -0.4 is 5.32 Å². The van der Waals surface area contributed by atoms with Gasteiger partial charge < -0.3 is 29.7 Å². The van der Waals surface area contributed by atoms with Crippen LogP contribution in [-0.2, 0) is 28.7 Å². The van der Waals surface area contributed by atoms with Crippen molar-refractivity contribution >= 4 is 23.7 Å². The second-order valence-electron chi connectivity index (χ2n) is 12.5. The lowest BCUT2D eigenvalue weighted by Gasteiger charge is -2.42. The van der Waals surface area contributed by atoms with Gasteiger partial charge in [-0.3, -0.25) is 19.2 Å². The normalized spacial score (nSPS) is 27.3. The highest BCUT2D eigenvalue weighted by Crippen LogP contribution is 2.59. The molecule has 0 aromatic heterocycles. The summed E-state index contributed by atoms with van der Waals surface area (Å²) in [5.41, 5.74) is -1.61. The van der Waals surface area contributed by atoms with E-state index in [-0.39, 0.29) is 30.9 Å². The van der Waals surface area contributed by atoms with E-state index in [0.29, 0.717) is 51.6 Å². The molecule has 1 spiro atoms. The summed E-state index contributed by atoms with van der Waals surface area (Å²) in [6.45, 7) is 16.0. The lowest BCUT2D eigenvalue weighted by Crippen LogP contribution is -2.59. The number of carbonyl (C=O) groups excluding carboxylic acids is 4. The number of allylic oxidation sites excluding steroid dienone is 1. The van der Waals surface area contributed by atoms with Crippen molar-refractivity contribution in [1.29, 1.82) is 0 Å². The molecular formula is C31H49N3O7. The zero-order valence-corrected chi connectivity index (χ0v) is 25.2. The lowest BCUT2D eigenvalue weighted by atomic mass is 9.70.